The first-order valence-electron chi connectivity index (χ1n) is 4.80. The molecule has 0 aliphatic heterocycles. The lowest BCUT2D eigenvalue weighted by Gasteiger charge is -2.10. The van der Waals surface area contributed by atoms with Gasteiger partial charge in [0.1, 0.15) is 0 Å². The zero-order valence-corrected chi connectivity index (χ0v) is 10.8. The molecule has 0 radical (unpaired) electrons. The Morgan fingerprint density at radius 2 is 1.88 bits per heavy atom. The minimum atomic E-state index is -3.47. The molecule has 0 aliphatic rings. The summed E-state index contributed by atoms with van der Waals surface area (Å²) < 4.78 is 37.0. The highest BCUT2D eigenvalue weighted by Crippen LogP contribution is 2.07. The molecule has 1 aromatic rings. The van der Waals surface area contributed by atoms with Crippen molar-refractivity contribution >= 4 is 20.8 Å². The van der Waals surface area contributed by atoms with Gasteiger partial charge in [0.05, 0.1) is 4.90 Å². The van der Waals surface area contributed by atoms with E-state index in [1.54, 1.807) is 31.4 Å². The third kappa shape index (κ3) is 3.70. The lowest BCUT2D eigenvalue weighted by molar-refractivity contribution is 0.580. The van der Waals surface area contributed by atoms with E-state index in [1.165, 1.54) is 12.1 Å². The monoisotopic (exact) mass is 261 g/mol. The van der Waals surface area contributed by atoms with Gasteiger partial charge < -0.3 is 0 Å². The van der Waals surface area contributed by atoms with E-state index in [4.69, 9.17) is 0 Å². The van der Waals surface area contributed by atoms with Gasteiger partial charge in [-0.3, -0.25) is 4.21 Å². The van der Waals surface area contributed by atoms with Crippen LogP contribution in [0.3, 0.4) is 0 Å². The fourth-order valence-electron chi connectivity index (χ4n) is 1.03. The summed E-state index contributed by atoms with van der Waals surface area (Å²) in [7, 11) is -4.50. The number of hydrogen-bond acceptors (Lipinski definition) is 3. The minimum absolute atomic E-state index is 0.181. The van der Waals surface area contributed by atoms with E-state index in [-0.39, 0.29) is 16.7 Å². The molecule has 0 saturated carbocycles. The molecule has 2 atom stereocenters. The molecule has 0 fully saturated rings. The van der Waals surface area contributed by atoms with Gasteiger partial charge in [-0.05, 0) is 19.1 Å². The highest BCUT2D eigenvalue weighted by Gasteiger charge is 2.15. The van der Waals surface area contributed by atoms with Gasteiger partial charge in [0.15, 0.2) is 0 Å². The maximum atomic E-state index is 11.7. The Morgan fingerprint density at radius 3 is 2.38 bits per heavy atom. The Labute approximate surface area is 98.6 Å². The molecule has 0 aliphatic carbocycles. The average molecular weight is 261 g/mol. The number of nitrogens with one attached hydrogen (secondary N) is 1. The molecule has 6 heteroatoms. The number of rotatable bonds is 5. The van der Waals surface area contributed by atoms with Crippen molar-refractivity contribution in [3.8, 4) is 0 Å². The third-order valence-corrected chi connectivity index (χ3v) is 4.92. The van der Waals surface area contributed by atoms with Crippen LogP contribution in [-0.2, 0) is 20.8 Å². The molecule has 0 bridgehead atoms. The molecule has 4 nitrogen and oxygen atoms in total. The normalized spacial score (nSPS) is 15.6. The Bertz CT molecular complexity index is 456. The zero-order chi connectivity index (χ0) is 12.2. The van der Waals surface area contributed by atoms with Crippen molar-refractivity contribution in [2.24, 2.45) is 0 Å². The molecule has 0 aromatic heterocycles. The van der Waals surface area contributed by atoms with Crippen molar-refractivity contribution in [1.82, 2.24) is 4.72 Å². The topological polar surface area (TPSA) is 63.2 Å². The molecule has 90 valence electrons. The summed E-state index contributed by atoms with van der Waals surface area (Å²) in [5.41, 5.74) is 0. The van der Waals surface area contributed by atoms with Crippen LogP contribution in [0.25, 0.3) is 0 Å². The number of benzene rings is 1. The summed E-state index contributed by atoms with van der Waals surface area (Å²) in [6.45, 7) is 1.92. The van der Waals surface area contributed by atoms with Gasteiger partial charge >= 0.3 is 0 Å². The molecule has 0 spiro atoms. The van der Waals surface area contributed by atoms with Crippen LogP contribution in [0.2, 0.25) is 0 Å². The largest absolute Gasteiger partial charge is 0.260 e. The zero-order valence-electron chi connectivity index (χ0n) is 9.21. The molecular formula is C10H15NO3S2. The molecule has 0 saturated heterocycles. The number of sulfonamides is 1. The summed E-state index contributed by atoms with van der Waals surface area (Å²) >= 11 is 0. The first-order chi connectivity index (χ1) is 7.43. The van der Waals surface area contributed by atoms with Crippen LogP contribution in [0.15, 0.2) is 35.2 Å². The Kier molecular flexibility index (Phi) is 4.64. The van der Waals surface area contributed by atoms with Crippen molar-refractivity contribution in [3.05, 3.63) is 30.3 Å². The van der Waals surface area contributed by atoms with Crippen LogP contribution in [0.1, 0.15) is 6.92 Å². The minimum Gasteiger partial charge on any atom is -0.260 e. The molecule has 16 heavy (non-hydrogen) atoms. The summed E-state index contributed by atoms with van der Waals surface area (Å²) in [5.74, 6) is 0. The Hall–Kier alpha value is -0.720. The van der Waals surface area contributed by atoms with Crippen LogP contribution >= 0.6 is 0 Å². The van der Waals surface area contributed by atoms with Crippen molar-refractivity contribution in [3.63, 3.8) is 0 Å². The van der Waals surface area contributed by atoms with Crippen LogP contribution < -0.4 is 4.72 Å². The summed E-state index contributed by atoms with van der Waals surface area (Å²) in [6.07, 6.45) is 1.56. The maximum absolute atomic E-state index is 11.7. The third-order valence-electron chi connectivity index (χ3n) is 2.18. The average Bonchev–Trinajstić information content (AvgIpc) is 2.27. The van der Waals surface area contributed by atoms with Crippen molar-refractivity contribution < 1.29 is 12.6 Å². The van der Waals surface area contributed by atoms with Crippen LogP contribution in [0.5, 0.6) is 0 Å². The van der Waals surface area contributed by atoms with Crippen LogP contribution in [-0.4, -0.2) is 30.7 Å². The van der Waals surface area contributed by atoms with Gasteiger partial charge in [-0.2, -0.15) is 0 Å². The van der Waals surface area contributed by atoms with Gasteiger partial charge in [-0.15, -0.1) is 0 Å². The molecule has 1 N–H and O–H groups in total. The Morgan fingerprint density at radius 1 is 1.31 bits per heavy atom. The van der Waals surface area contributed by atoms with Gasteiger partial charge in [-0.1, -0.05) is 18.2 Å². The van der Waals surface area contributed by atoms with E-state index >= 15 is 0 Å². The Balaban J connectivity index is 2.71. The van der Waals surface area contributed by atoms with Crippen molar-refractivity contribution in [1.29, 1.82) is 0 Å². The predicted octanol–water partition coefficient (Wildman–Crippen LogP) is 0.732. The van der Waals surface area contributed by atoms with Gasteiger partial charge in [0.2, 0.25) is 10.0 Å². The summed E-state index contributed by atoms with van der Waals surface area (Å²) in [5, 5.41) is -0.196. The van der Waals surface area contributed by atoms with E-state index in [9.17, 15) is 12.6 Å². The van der Waals surface area contributed by atoms with Crippen molar-refractivity contribution in [2.75, 3.05) is 12.8 Å². The molecular weight excluding hydrogens is 246 g/mol. The van der Waals surface area contributed by atoms with Crippen LogP contribution in [0, 0.1) is 0 Å². The standard InChI is InChI=1S/C10H15NO3S2/c1-9(15(2)12)8-11-16(13,14)10-6-4-3-5-7-10/h3-7,9,11H,8H2,1-2H3. The van der Waals surface area contributed by atoms with E-state index in [2.05, 4.69) is 4.72 Å². The van der Waals surface area contributed by atoms with E-state index in [0.29, 0.717) is 0 Å². The maximum Gasteiger partial charge on any atom is 0.240 e. The van der Waals surface area contributed by atoms with E-state index in [1.807, 2.05) is 0 Å². The fraction of sp³-hybridized carbons (Fsp3) is 0.400. The lowest BCUT2D eigenvalue weighted by Crippen LogP contribution is -2.32. The predicted molar refractivity (Wildman–Crippen MR) is 65.2 cm³/mol. The van der Waals surface area contributed by atoms with E-state index < -0.39 is 20.8 Å². The second-order valence-electron chi connectivity index (χ2n) is 3.47. The quantitative estimate of drug-likeness (QED) is 0.850. The van der Waals surface area contributed by atoms with Crippen molar-refractivity contribution in [2.45, 2.75) is 17.1 Å². The SMILES string of the molecule is CC(CNS(=O)(=O)c1ccccc1)S(C)=O. The second-order valence-corrected chi connectivity index (χ2v) is 7.04. The second kappa shape index (κ2) is 5.56. The molecule has 0 heterocycles. The van der Waals surface area contributed by atoms with E-state index in [0.717, 1.165) is 0 Å². The molecule has 0 amide bonds. The fourth-order valence-corrected chi connectivity index (χ4v) is 2.60. The number of hydrogen-bond donors (Lipinski definition) is 1. The smallest absolute Gasteiger partial charge is 0.240 e. The molecule has 1 aromatic carbocycles. The summed E-state index contributed by atoms with van der Waals surface area (Å²) in [4.78, 5) is 0.226. The van der Waals surface area contributed by atoms with Crippen LogP contribution in [0.4, 0.5) is 0 Å². The van der Waals surface area contributed by atoms with Gasteiger partial charge in [0, 0.05) is 28.9 Å². The highest BCUT2D eigenvalue weighted by molar-refractivity contribution is 7.89. The van der Waals surface area contributed by atoms with Gasteiger partial charge in [-0.25, -0.2) is 13.1 Å². The first kappa shape index (κ1) is 13.3. The van der Waals surface area contributed by atoms with Gasteiger partial charge in [0.25, 0.3) is 0 Å². The summed E-state index contributed by atoms with van der Waals surface area (Å²) in [6, 6.07) is 8.13. The first-order valence-corrected chi connectivity index (χ1v) is 7.91. The molecule has 2 unspecified atom stereocenters. The highest BCUT2D eigenvalue weighted by atomic mass is 32.2. The molecule has 1 rings (SSSR count). The lowest BCUT2D eigenvalue weighted by atomic mass is 10.4.